The van der Waals surface area contributed by atoms with Gasteiger partial charge in [0.05, 0.1) is 12.2 Å². The van der Waals surface area contributed by atoms with Crippen molar-refractivity contribution in [1.82, 2.24) is 25.4 Å². The molecule has 27 heavy (non-hydrogen) atoms. The summed E-state index contributed by atoms with van der Waals surface area (Å²) in [6.45, 7) is 5.28. The first-order chi connectivity index (χ1) is 12.8. The number of carbonyl (C=O) groups is 3. The van der Waals surface area contributed by atoms with Crippen molar-refractivity contribution in [2.45, 2.75) is 33.2 Å². The molecule has 0 aliphatic carbocycles. The first-order valence-electron chi connectivity index (χ1n) is 8.54. The molecular formula is C18H23N5O4. The molecule has 0 saturated heterocycles. The maximum atomic E-state index is 12.3. The van der Waals surface area contributed by atoms with Crippen molar-refractivity contribution in [3.63, 3.8) is 0 Å². The number of hydrogen-bond donors (Lipinski definition) is 3. The third kappa shape index (κ3) is 5.63. The summed E-state index contributed by atoms with van der Waals surface area (Å²) < 4.78 is 1.59. The van der Waals surface area contributed by atoms with Gasteiger partial charge >= 0.3 is 5.97 Å². The van der Waals surface area contributed by atoms with Crippen molar-refractivity contribution in [3.05, 3.63) is 42.0 Å². The molecule has 9 heteroatoms. The van der Waals surface area contributed by atoms with E-state index in [-0.39, 0.29) is 12.5 Å². The Morgan fingerprint density at radius 2 is 2.00 bits per heavy atom. The second-order valence-corrected chi connectivity index (χ2v) is 6.61. The lowest BCUT2D eigenvalue weighted by atomic mass is 10.0. The number of amides is 2. The van der Waals surface area contributed by atoms with Crippen molar-refractivity contribution in [2.24, 2.45) is 5.92 Å². The van der Waals surface area contributed by atoms with Crippen molar-refractivity contribution < 1.29 is 19.5 Å². The van der Waals surface area contributed by atoms with E-state index in [1.165, 1.54) is 6.33 Å². The van der Waals surface area contributed by atoms with Gasteiger partial charge in [-0.1, -0.05) is 13.8 Å². The van der Waals surface area contributed by atoms with Crippen molar-refractivity contribution in [1.29, 1.82) is 0 Å². The van der Waals surface area contributed by atoms with E-state index in [2.05, 4.69) is 20.7 Å². The molecule has 0 unspecified atom stereocenters. The van der Waals surface area contributed by atoms with E-state index in [1.54, 1.807) is 29.2 Å². The van der Waals surface area contributed by atoms with Crippen LogP contribution in [0, 0.1) is 12.8 Å². The molecule has 2 aromatic rings. The number of nitrogens with one attached hydrogen (secondary N) is 2. The van der Waals surface area contributed by atoms with Gasteiger partial charge in [-0.05, 0) is 43.0 Å². The van der Waals surface area contributed by atoms with Crippen LogP contribution in [0.15, 0.2) is 30.9 Å². The normalized spacial score (nSPS) is 11.9. The fourth-order valence-electron chi connectivity index (χ4n) is 2.59. The molecule has 0 aliphatic rings. The maximum Gasteiger partial charge on any atom is 0.326 e. The minimum absolute atomic E-state index is 0.118. The van der Waals surface area contributed by atoms with Crippen LogP contribution < -0.4 is 10.6 Å². The molecule has 0 aliphatic heterocycles. The Morgan fingerprint density at radius 3 is 2.56 bits per heavy atom. The van der Waals surface area contributed by atoms with Gasteiger partial charge in [0.25, 0.3) is 5.91 Å². The summed E-state index contributed by atoms with van der Waals surface area (Å²) in [5, 5.41) is 18.1. The van der Waals surface area contributed by atoms with E-state index < -0.39 is 23.8 Å². The molecule has 0 bridgehead atoms. The lowest BCUT2D eigenvalue weighted by Gasteiger charge is -2.16. The minimum Gasteiger partial charge on any atom is -0.480 e. The second-order valence-electron chi connectivity index (χ2n) is 6.61. The summed E-state index contributed by atoms with van der Waals surface area (Å²) >= 11 is 0. The van der Waals surface area contributed by atoms with Gasteiger partial charge in [0, 0.05) is 5.56 Å². The van der Waals surface area contributed by atoms with E-state index in [1.807, 2.05) is 20.8 Å². The Morgan fingerprint density at radius 1 is 1.26 bits per heavy atom. The van der Waals surface area contributed by atoms with Gasteiger partial charge < -0.3 is 15.7 Å². The predicted molar refractivity (Wildman–Crippen MR) is 97.5 cm³/mol. The largest absolute Gasteiger partial charge is 0.480 e. The molecule has 2 amide bonds. The summed E-state index contributed by atoms with van der Waals surface area (Å²) in [5.74, 6) is -1.95. The molecule has 0 saturated carbocycles. The van der Waals surface area contributed by atoms with Crippen LogP contribution in [0.3, 0.4) is 0 Å². The predicted octanol–water partition coefficient (Wildman–Crippen LogP) is 0.921. The number of aliphatic carboxylic acids is 1. The lowest BCUT2D eigenvalue weighted by molar-refractivity contribution is -0.142. The Hall–Kier alpha value is -3.23. The highest BCUT2D eigenvalue weighted by atomic mass is 16.4. The molecular weight excluding hydrogens is 350 g/mol. The lowest BCUT2D eigenvalue weighted by Crippen LogP contribution is -2.46. The van der Waals surface area contributed by atoms with E-state index in [0.717, 1.165) is 11.3 Å². The molecule has 3 N–H and O–H groups in total. The molecule has 1 aromatic heterocycles. The molecule has 9 nitrogen and oxygen atoms in total. The van der Waals surface area contributed by atoms with Crippen molar-refractivity contribution in [3.8, 4) is 5.69 Å². The van der Waals surface area contributed by atoms with Crippen LogP contribution in [0.1, 0.15) is 36.2 Å². The number of nitrogens with zero attached hydrogens (tertiary/aromatic N) is 3. The third-order valence-electron chi connectivity index (χ3n) is 3.87. The molecule has 2 rings (SSSR count). The quantitative estimate of drug-likeness (QED) is 0.632. The van der Waals surface area contributed by atoms with Gasteiger partial charge in [-0.3, -0.25) is 9.59 Å². The first-order valence-corrected chi connectivity index (χ1v) is 8.54. The molecule has 1 heterocycles. The van der Waals surface area contributed by atoms with Crippen LogP contribution in [0.5, 0.6) is 0 Å². The number of benzene rings is 1. The number of carboxylic acid groups (broad SMARTS) is 1. The number of hydrogen-bond acceptors (Lipinski definition) is 5. The zero-order valence-corrected chi connectivity index (χ0v) is 15.5. The van der Waals surface area contributed by atoms with Crippen LogP contribution in [0.2, 0.25) is 0 Å². The summed E-state index contributed by atoms with van der Waals surface area (Å²) in [6, 6.07) is 4.07. The number of aromatic nitrogens is 3. The Kier molecular flexibility index (Phi) is 6.64. The zero-order valence-electron chi connectivity index (χ0n) is 15.5. The number of aryl methyl sites for hydroxylation is 1. The van der Waals surface area contributed by atoms with Gasteiger partial charge in [-0.2, -0.15) is 5.10 Å². The second kappa shape index (κ2) is 8.93. The Labute approximate surface area is 156 Å². The fraction of sp³-hybridized carbons (Fsp3) is 0.389. The summed E-state index contributed by atoms with van der Waals surface area (Å²) in [7, 11) is 0. The molecule has 0 spiro atoms. The molecule has 1 aromatic carbocycles. The van der Waals surface area contributed by atoms with Crippen LogP contribution in [0.25, 0.3) is 5.69 Å². The smallest absolute Gasteiger partial charge is 0.326 e. The first kappa shape index (κ1) is 20.1. The van der Waals surface area contributed by atoms with Gasteiger partial charge in [0.15, 0.2) is 0 Å². The van der Waals surface area contributed by atoms with Gasteiger partial charge in [-0.25, -0.2) is 14.5 Å². The average Bonchev–Trinajstić information content (AvgIpc) is 3.12. The standard InChI is InChI=1S/C18H23N5O4/c1-11(2)6-14(18(26)27)22-16(24)8-20-17(25)13-4-5-15(12(3)7-13)23-10-19-9-21-23/h4-5,7,9-11,14H,6,8H2,1-3H3,(H,20,25)(H,22,24)(H,26,27)/t14-/m0/s1. The maximum absolute atomic E-state index is 12.3. The van der Waals surface area contributed by atoms with E-state index >= 15 is 0 Å². The van der Waals surface area contributed by atoms with Crippen molar-refractivity contribution in [2.75, 3.05) is 6.54 Å². The molecule has 1 atom stereocenters. The van der Waals surface area contributed by atoms with E-state index in [9.17, 15) is 14.4 Å². The van der Waals surface area contributed by atoms with Crippen LogP contribution in [-0.2, 0) is 9.59 Å². The monoisotopic (exact) mass is 373 g/mol. The number of rotatable bonds is 8. The highest BCUT2D eigenvalue weighted by Crippen LogP contribution is 2.14. The summed E-state index contributed by atoms with van der Waals surface area (Å²) in [5.41, 5.74) is 2.00. The van der Waals surface area contributed by atoms with Crippen molar-refractivity contribution >= 4 is 17.8 Å². The molecule has 0 fully saturated rings. The zero-order chi connectivity index (χ0) is 20.0. The van der Waals surface area contributed by atoms with Gasteiger partial charge in [0.2, 0.25) is 5.91 Å². The number of carbonyl (C=O) groups excluding carboxylic acids is 2. The van der Waals surface area contributed by atoms with Crippen LogP contribution in [-0.4, -0.2) is 50.2 Å². The third-order valence-corrected chi connectivity index (χ3v) is 3.87. The Balaban J connectivity index is 1.94. The number of carboxylic acids is 1. The molecule has 144 valence electrons. The topological polar surface area (TPSA) is 126 Å². The molecule has 0 radical (unpaired) electrons. The average molecular weight is 373 g/mol. The summed E-state index contributed by atoms with van der Waals surface area (Å²) in [4.78, 5) is 39.3. The highest BCUT2D eigenvalue weighted by molar-refractivity contribution is 5.97. The Bertz CT molecular complexity index is 817. The minimum atomic E-state index is -1.09. The summed E-state index contributed by atoms with van der Waals surface area (Å²) in [6.07, 6.45) is 3.29. The highest BCUT2D eigenvalue weighted by Gasteiger charge is 2.21. The van der Waals surface area contributed by atoms with E-state index in [0.29, 0.717) is 12.0 Å². The van der Waals surface area contributed by atoms with E-state index in [4.69, 9.17) is 5.11 Å². The fourth-order valence-corrected chi connectivity index (χ4v) is 2.59. The van der Waals surface area contributed by atoms with Crippen LogP contribution in [0.4, 0.5) is 0 Å². The van der Waals surface area contributed by atoms with Gasteiger partial charge in [0.1, 0.15) is 18.7 Å². The SMILES string of the molecule is Cc1cc(C(=O)NCC(=O)N[C@@H](CC(C)C)C(=O)O)ccc1-n1cncn1. The van der Waals surface area contributed by atoms with Crippen LogP contribution >= 0.6 is 0 Å². The van der Waals surface area contributed by atoms with Gasteiger partial charge in [-0.15, -0.1) is 0 Å².